The lowest BCUT2D eigenvalue weighted by atomic mass is 9.88. The van der Waals surface area contributed by atoms with E-state index in [4.69, 9.17) is 4.42 Å². The standard InChI is InChI=1S/C54H35NOS/c1-2-15-36(16-3-1)40-17-4-5-18-42(40)43-19-6-7-20-44(43)45-21-8-11-25-49(45)55(39-33-34-53-48(35-39)46-22-10-13-28-52(46)57-53)38-31-29-37(30-32-38)41-24-14-27-51-54(41)47-23-9-12-26-50(47)56-51/h1-35H. The Hall–Kier alpha value is -7.20. The van der Waals surface area contributed by atoms with Crippen LogP contribution in [0.25, 0.3) is 86.6 Å². The molecule has 11 aromatic rings. The van der Waals surface area contributed by atoms with Crippen LogP contribution in [0, 0.1) is 0 Å². The number of nitrogens with zero attached hydrogens (tertiary/aromatic N) is 1. The topological polar surface area (TPSA) is 16.4 Å². The zero-order chi connectivity index (χ0) is 37.7. The van der Waals surface area contributed by atoms with Gasteiger partial charge in [0.1, 0.15) is 11.2 Å². The van der Waals surface area contributed by atoms with Gasteiger partial charge in [0.2, 0.25) is 0 Å². The molecule has 0 aliphatic carbocycles. The van der Waals surface area contributed by atoms with Crippen molar-refractivity contribution in [2.75, 3.05) is 4.90 Å². The summed E-state index contributed by atoms with van der Waals surface area (Å²) in [7, 11) is 0. The van der Waals surface area contributed by atoms with Crippen molar-refractivity contribution < 1.29 is 4.42 Å². The van der Waals surface area contributed by atoms with E-state index in [0.29, 0.717) is 0 Å². The van der Waals surface area contributed by atoms with Crippen LogP contribution < -0.4 is 4.90 Å². The van der Waals surface area contributed by atoms with Crippen molar-refractivity contribution in [3.8, 4) is 44.5 Å². The molecule has 0 saturated carbocycles. The number of para-hydroxylation sites is 2. The number of hydrogen-bond acceptors (Lipinski definition) is 3. The van der Waals surface area contributed by atoms with Crippen LogP contribution in [0.15, 0.2) is 217 Å². The van der Waals surface area contributed by atoms with E-state index in [0.717, 1.165) is 55.7 Å². The van der Waals surface area contributed by atoms with Crippen molar-refractivity contribution in [3.05, 3.63) is 212 Å². The van der Waals surface area contributed by atoms with Gasteiger partial charge in [-0.15, -0.1) is 11.3 Å². The quantitative estimate of drug-likeness (QED) is 0.162. The van der Waals surface area contributed by atoms with Crippen molar-refractivity contribution >= 4 is 70.5 Å². The number of hydrogen-bond donors (Lipinski definition) is 0. The highest BCUT2D eigenvalue weighted by molar-refractivity contribution is 7.25. The van der Waals surface area contributed by atoms with Gasteiger partial charge in [0, 0.05) is 47.9 Å². The molecule has 268 valence electrons. The molecule has 11 rings (SSSR count). The number of thiophene rings is 1. The van der Waals surface area contributed by atoms with Crippen LogP contribution in [0.3, 0.4) is 0 Å². The molecule has 57 heavy (non-hydrogen) atoms. The molecule has 0 saturated heterocycles. The lowest BCUT2D eigenvalue weighted by Crippen LogP contribution is -2.11. The summed E-state index contributed by atoms with van der Waals surface area (Å²) >= 11 is 1.85. The Labute approximate surface area is 335 Å². The van der Waals surface area contributed by atoms with Gasteiger partial charge in [-0.2, -0.15) is 0 Å². The van der Waals surface area contributed by atoms with Crippen molar-refractivity contribution in [2.24, 2.45) is 0 Å². The Morgan fingerprint density at radius 3 is 1.68 bits per heavy atom. The van der Waals surface area contributed by atoms with E-state index < -0.39 is 0 Å². The van der Waals surface area contributed by atoms with Gasteiger partial charge in [-0.3, -0.25) is 0 Å². The summed E-state index contributed by atoms with van der Waals surface area (Å²) in [5, 5.41) is 4.82. The summed E-state index contributed by atoms with van der Waals surface area (Å²) in [6.07, 6.45) is 0. The molecule has 2 aromatic heterocycles. The second-order valence-electron chi connectivity index (χ2n) is 14.4. The molecule has 0 spiro atoms. The number of anilines is 3. The van der Waals surface area contributed by atoms with E-state index >= 15 is 0 Å². The minimum atomic E-state index is 0.900. The number of fused-ring (bicyclic) bond motifs is 6. The van der Waals surface area contributed by atoms with Gasteiger partial charge < -0.3 is 9.32 Å². The van der Waals surface area contributed by atoms with Gasteiger partial charge in [-0.1, -0.05) is 158 Å². The van der Waals surface area contributed by atoms with Gasteiger partial charge in [0.05, 0.1) is 5.69 Å². The molecule has 9 aromatic carbocycles. The first kappa shape index (κ1) is 33.2. The average Bonchev–Trinajstić information content (AvgIpc) is 3.86. The minimum Gasteiger partial charge on any atom is -0.456 e. The van der Waals surface area contributed by atoms with Crippen LogP contribution in [-0.2, 0) is 0 Å². The van der Waals surface area contributed by atoms with E-state index in [9.17, 15) is 0 Å². The third-order valence-electron chi connectivity index (χ3n) is 11.1. The fourth-order valence-electron chi connectivity index (χ4n) is 8.52. The second kappa shape index (κ2) is 13.8. The van der Waals surface area contributed by atoms with Crippen LogP contribution in [0.5, 0.6) is 0 Å². The normalized spacial score (nSPS) is 11.5. The maximum atomic E-state index is 6.27. The summed E-state index contributed by atoms with van der Waals surface area (Å²) in [6, 6.07) is 76.5. The fraction of sp³-hybridized carbons (Fsp3) is 0. The molecule has 0 radical (unpaired) electrons. The molecule has 0 bridgehead atoms. The lowest BCUT2D eigenvalue weighted by Gasteiger charge is -2.29. The van der Waals surface area contributed by atoms with E-state index in [-0.39, 0.29) is 0 Å². The van der Waals surface area contributed by atoms with Crippen LogP contribution in [0.1, 0.15) is 0 Å². The highest BCUT2D eigenvalue weighted by atomic mass is 32.1. The molecule has 2 heterocycles. The Bertz CT molecular complexity index is 3250. The number of rotatable bonds is 7. The first-order valence-electron chi connectivity index (χ1n) is 19.3. The van der Waals surface area contributed by atoms with E-state index in [1.807, 2.05) is 23.5 Å². The van der Waals surface area contributed by atoms with E-state index in [2.05, 4.69) is 205 Å². The Kier molecular flexibility index (Phi) is 8.04. The molecule has 0 amide bonds. The number of furan rings is 1. The van der Waals surface area contributed by atoms with Gasteiger partial charge in [-0.25, -0.2) is 0 Å². The zero-order valence-electron chi connectivity index (χ0n) is 31.0. The lowest BCUT2D eigenvalue weighted by molar-refractivity contribution is 0.669. The molecule has 3 heteroatoms. The molecule has 0 aliphatic heterocycles. The first-order chi connectivity index (χ1) is 28.3. The summed E-state index contributed by atoms with van der Waals surface area (Å²) < 4.78 is 8.86. The highest BCUT2D eigenvalue weighted by Crippen LogP contribution is 2.47. The Morgan fingerprint density at radius 1 is 0.333 bits per heavy atom. The summed E-state index contributed by atoms with van der Waals surface area (Å²) in [5.74, 6) is 0. The SMILES string of the molecule is c1ccc(-c2ccccc2-c2ccccc2-c2ccccc2N(c2ccc(-c3cccc4oc5ccccc5c34)cc2)c2ccc3sc4ccccc4c3c2)cc1. The Morgan fingerprint density at radius 2 is 0.877 bits per heavy atom. The van der Waals surface area contributed by atoms with Gasteiger partial charge in [0.25, 0.3) is 0 Å². The maximum Gasteiger partial charge on any atom is 0.136 e. The van der Waals surface area contributed by atoms with Crippen LogP contribution in [0.2, 0.25) is 0 Å². The molecule has 0 aliphatic rings. The molecule has 0 unspecified atom stereocenters. The third kappa shape index (κ3) is 5.71. The van der Waals surface area contributed by atoms with Crippen molar-refractivity contribution in [2.45, 2.75) is 0 Å². The number of benzene rings is 9. The molecule has 2 nitrogen and oxygen atoms in total. The summed E-state index contributed by atoms with van der Waals surface area (Å²) in [4.78, 5) is 2.43. The second-order valence-corrected chi connectivity index (χ2v) is 15.5. The van der Waals surface area contributed by atoms with Gasteiger partial charge in [0.15, 0.2) is 0 Å². The minimum absolute atomic E-state index is 0.900. The molecular formula is C54H35NOS. The van der Waals surface area contributed by atoms with Crippen molar-refractivity contribution in [1.29, 1.82) is 0 Å². The van der Waals surface area contributed by atoms with Crippen LogP contribution in [0.4, 0.5) is 17.1 Å². The van der Waals surface area contributed by atoms with Crippen molar-refractivity contribution in [3.63, 3.8) is 0 Å². The smallest absolute Gasteiger partial charge is 0.136 e. The van der Waals surface area contributed by atoms with Crippen molar-refractivity contribution in [1.82, 2.24) is 0 Å². The highest BCUT2D eigenvalue weighted by Gasteiger charge is 2.21. The van der Waals surface area contributed by atoms with Gasteiger partial charge in [-0.05, 0) is 93.5 Å². The molecular weight excluding hydrogens is 711 g/mol. The first-order valence-corrected chi connectivity index (χ1v) is 20.2. The largest absolute Gasteiger partial charge is 0.456 e. The van der Waals surface area contributed by atoms with Crippen LogP contribution in [-0.4, -0.2) is 0 Å². The predicted molar refractivity (Wildman–Crippen MR) is 243 cm³/mol. The molecule has 0 N–H and O–H groups in total. The van der Waals surface area contributed by atoms with Crippen LogP contribution >= 0.6 is 11.3 Å². The summed E-state index contributed by atoms with van der Waals surface area (Å²) in [6.45, 7) is 0. The zero-order valence-corrected chi connectivity index (χ0v) is 31.8. The van der Waals surface area contributed by atoms with E-state index in [1.165, 1.54) is 48.0 Å². The van der Waals surface area contributed by atoms with E-state index in [1.54, 1.807) is 0 Å². The Balaban J connectivity index is 1.11. The third-order valence-corrected chi connectivity index (χ3v) is 12.3. The maximum absolute atomic E-state index is 6.27. The average molecular weight is 746 g/mol. The predicted octanol–water partition coefficient (Wildman–Crippen LogP) is 16.1. The molecule has 0 atom stereocenters. The fourth-order valence-corrected chi connectivity index (χ4v) is 9.61. The summed E-state index contributed by atoms with van der Waals surface area (Å²) in [5.41, 5.74) is 14.6. The molecule has 0 fully saturated rings. The monoisotopic (exact) mass is 745 g/mol. The van der Waals surface area contributed by atoms with Gasteiger partial charge >= 0.3 is 0 Å².